The van der Waals surface area contributed by atoms with Gasteiger partial charge >= 0.3 is 0 Å². The van der Waals surface area contributed by atoms with Crippen molar-refractivity contribution in [1.82, 2.24) is 19.5 Å². The van der Waals surface area contributed by atoms with Crippen LogP contribution in [0.4, 0.5) is 0 Å². The molecule has 0 bridgehead atoms. The smallest absolute Gasteiger partial charge is 0.267 e. The van der Waals surface area contributed by atoms with Gasteiger partial charge in [-0.3, -0.25) is 9.59 Å². The van der Waals surface area contributed by atoms with Gasteiger partial charge in [0.25, 0.3) is 15.9 Å². The molecule has 0 radical (unpaired) electrons. The van der Waals surface area contributed by atoms with E-state index < -0.39 is 10.0 Å². The molecule has 2 unspecified atom stereocenters. The van der Waals surface area contributed by atoms with Crippen LogP contribution in [0, 0.1) is 0 Å². The Bertz CT molecular complexity index is 1100. The maximum atomic E-state index is 13.5. The summed E-state index contributed by atoms with van der Waals surface area (Å²) in [5.74, 6) is -0.581. The van der Waals surface area contributed by atoms with Gasteiger partial charge in [-0.05, 0) is 56.9 Å². The summed E-state index contributed by atoms with van der Waals surface area (Å²) in [6, 6.07) is 12.1. The van der Waals surface area contributed by atoms with Crippen LogP contribution in [-0.4, -0.2) is 53.8 Å². The molecule has 0 aliphatic carbocycles. The first kappa shape index (κ1) is 24.7. The lowest BCUT2D eigenvalue weighted by atomic mass is 9.95. The Kier molecular flexibility index (Phi) is 7.76. The predicted molar refractivity (Wildman–Crippen MR) is 127 cm³/mol. The van der Waals surface area contributed by atoms with Gasteiger partial charge in [-0.25, -0.2) is 8.42 Å². The fraction of sp³-hybridized carbons (Fsp3) is 0.417. The van der Waals surface area contributed by atoms with Gasteiger partial charge in [0.15, 0.2) is 5.03 Å². The van der Waals surface area contributed by atoms with Crippen molar-refractivity contribution < 1.29 is 18.0 Å². The Balaban J connectivity index is 1.70. The highest BCUT2D eigenvalue weighted by Gasteiger charge is 2.40. The number of hydrogen-bond acceptors (Lipinski definition) is 4. The number of sulfonamides is 1. The molecule has 1 aromatic carbocycles. The molecule has 9 heteroatoms. The van der Waals surface area contributed by atoms with Gasteiger partial charge in [-0.15, -0.1) is 0 Å². The largest absolute Gasteiger partial charge is 0.350 e. The van der Waals surface area contributed by atoms with Crippen molar-refractivity contribution in [2.24, 2.45) is 7.05 Å². The highest BCUT2D eigenvalue weighted by molar-refractivity contribution is 7.89. The number of nitrogens with one attached hydrogen (secondary N) is 2. The molecule has 1 saturated heterocycles. The topological polar surface area (TPSA) is 101 Å². The normalized spacial score (nSPS) is 21.4. The number of nitrogens with zero attached hydrogens (tertiary/aromatic N) is 2. The highest BCUT2D eigenvalue weighted by atomic mass is 32.2. The maximum Gasteiger partial charge on any atom is 0.267 e. The van der Waals surface area contributed by atoms with Crippen LogP contribution in [0.1, 0.15) is 42.7 Å². The molecule has 33 heavy (non-hydrogen) atoms. The predicted octanol–water partition coefficient (Wildman–Crippen LogP) is 2.23. The molecule has 0 saturated carbocycles. The van der Waals surface area contributed by atoms with E-state index in [1.54, 1.807) is 7.05 Å². The third-order valence-electron chi connectivity index (χ3n) is 6.04. The molecule has 1 aliphatic rings. The van der Waals surface area contributed by atoms with E-state index in [1.807, 2.05) is 44.2 Å². The van der Waals surface area contributed by atoms with E-state index in [1.165, 1.54) is 27.1 Å². The van der Waals surface area contributed by atoms with Crippen LogP contribution >= 0.6 is 0 Å². The number of rotatable bonds is 8. The summed E-state index contributed by atoms with van der Waals surface area (Å²) in [4.78, 5) is 24.3. The van der Waals surface area contributed by atoms with Crippen LogP contribution in [0.3, 0.4) is 0 Å². The minimum Gasteiger partial charge on any atom is -0.350 e. The molecule has 1 fully saturated rings. The second-order valence-electron chi connectivity index (χ2n) is 8.52. The zero-order valence-corrected chi connectivity index (χ0v) is 20.1. The summed E-state index contributed by atoms with van der Waals surface area (Å²) in [6.45, 7) is 7.58. The van der Waals surface area contributed by atoms with E-state index in [0.29, 0.717) is 25.8 Å². The number of piperidine rings is 1. The summed E-state index contributed by atoms with van der Waals surface area (Å²) in [5.41, 5.74) is 1.40. The standard InChI is InChI=1S/C24H32N4O4S/c1-5-22(29)26-20-15-17(2)28(18(3)16-20)33(31,32)23-12-11-21(27(23)4)24(30)25-14-13-19-9-7-6-8-10-19/h5-12,17-18,20H,1,13-16H2,2-4H3,(H,25,30)(H,26,29). The Morgan fingerprint density at radius 2 is 1.73 bits per heavy atom. The molecule has 2 aromatic rings. The summed E-state index contributed by atoms with van der Waals surface area (Å²) >= 11 is 0. The van der Waals surface area contributed by atoms with Gasteiger partial charge in [-0.2, -0.15) is 4.31 Å². The Labute approximate surface area is 195 Å². The summed E-state index contributed by atoms with van der Waals surface area (Å²) in [6.07, 6.45) is 2.91. The van der Waals surface area contributed by atoms with Crippen LogP contribution in [-0.2, 0) is 28.3 Å². The minimum atomic E-state index is -3.84. The first-order chi connectivity index (χ1) is 15.6. The fourth-order valence-electron chi connectivity index (χ4n) is 4.56. The third kappa shape index (κ3) is 5.54. The lowest BCUT2D eigenvalue weighted by molar-refractivity contribution is -0.117. The van der Waals surface area contributed by atoms with E-state index in [2.05, 4.69) is 17.2 Å². The lowest BCUT2D eigenvalue weighted by Gasteiger charge is -2.41. The molecule has 3 rings (SSSR count). The zero-order chi connectivity index (χ0) is 24.2. The molecule has 1 aromatic heterocycles. The van der Waals surface area contributed by atoms with E-state index >= 15 is 0 Å². The van der Waals surface area contributed by atoms with E-state index in [-0.39, 0.29) is 40.7 Å². The first-order valence-electron chi connectivity index (χ1n) is 11.1. The molecule has 1 aliphatic heterocycles. The Morgan fingerprint density at radius 3 is 2.33 bits per heavy atom. The molecular weight excluding hydrogens is 440 g/mol. The van der Waals surface area contributed by atoms with Crippen LogP contribution < -0.4 is 10.6 Å². The summed E-state index contributed by atoms with van der Waals surface area (Å²) in [5, 5.41) is 5.80. The van der Waals surface area contributed by atoms with Gasteiger partial charge in [0.1, 0.15) is 5.69 Å². The molecule has 2 heterocycles. The molecule has 0 spiro atoms. The second kappa shape index (κ2) is 10.4. The van der Waals surface area contributed by atoms with Crippen LogP contribution in [0.25, 0.3) is 0 Å². The molecular formula is C24H32N4O4S. The van der Waals surface area contributed by atoms with Gasteiger partial charge in [0.05, 0.1) is 0 Å². The number of amides is 2. The Hall–Kier alpha value is -2.91. The number of carbonyl (C=O) groups is 2. The third-order valence-corrected chi connectivity index (χ3v) is 8.26. The van der Waals surface area contributed by atoms with Gasteiger partial charge < -0.3 is 15.2 Å². The molecule has 2 atom stereocenters. The second-order valence-corrected chi connectivity index (χ2v) is 10.3. The average molecular weight is 473 g/mol. The van der Waals surface area contributed by atoms with Crippen molar-refractivity contribution in [3.8, 4) is 0 Å². The molecule has 2 amide bonds. The first-order valence-corrected chi connectivity index (χ1v) is 12.5. The molecule has 2 N–H and O–H groups in total. The van der Waals surface area contributed by atoms with Crippen LogP contribution in [0.2, 0.25) is 0 Å². The number of benzene rings is 1. The van der Waals surface area contributed by atoms with Crippen LogP contribution in [0.5, 0.6) is 0 Å². The summed E-state index contributed by atoms with van der Waals surface area (Å²) in [7, 11) is -2.25. The van der Waals surface area contributed by atoms with Gasteiger partial charge in [0, 0.05) is 31.7 Å². The highest BCUT2D eigenvalue weighted by Crippen LogP contribution is 2.30. The van der Waals surface area contributed by atoms with Gasteiger partial charge in [-0.1, -0.05) is 36.9 Å². The maximum absolute atomic E-state index is 13.5. The number of carbonyl (C=O) groups excluding carboxylic acids is 2. The van der Waals surface area contributed by atoms with Crippen molar-refractivity contribution >= 4 is 21.8 Å². The monoisotopic (exact) mass is 472 g/mol. The average Bonchev–Trinajstić information content (AvgIpc) is 3.16. The van der Waals surface area contributed by atoms with E-state index in [0.717, 1.165) is 5.56 Å². The SMILES string of the molecule is C=CC(=O)NC1CC(C)N(S(=O)(=O)c2ccc(C(=O)NCCc3ccccc3)n2C)C(C)C1. The lowest BCUT2D eigenvalue weighted by Crippen LogP contribution is -2.55. The van der Waals surface area contributed by atoms with E-state index in [4.69, 9.17) is 0 Å². The van der Waals surface area contributed by atoms with Crippen molar-refractivity contribution in [3.63, 3.8) is 0 Å². The molecule has 8 nitrogen and oxygen atoms in total. The van der Waals surface area contributed by atoms with Crippen molar-refractivity contribution in [1.29, 1.82) is 0 Å². The Morgan fingerprint density at radius 1 is 1.09 bits per heavy atom. The van der Waals surface area contributed by atoms with Crippen molar-refractivity contribution in [3.05, 3.63) is 66.4 Å². The zero-order valence-electron chi connectivity index (χ0n) is 19.3. The number of hydrogen-bond donors (Lipinski definition) is 2. The van der Waals surface area contributed by atoms with Crippen molar-refractivity contribution in [2.75, 3.05) is 6.54 Å². The summed E-state index contributed by atoms with van der Waals surface area (Å²) < 4.78 is 29.9. The van der Waals surface area contributed by atoms with Gasteiger partial charge in [0.2, 0.25) is 5.91 Å². The number of aromatic nitrogens is 1. The van der Waals surface area contributed by atoms with Crippen molar-refractivity contribution in [2.45, 2.75) is 56.3 Å². The minimum absolute atomic E-state index is 0.0722. The van der Waals surface area contributed by atoms with E-state index in [9.17, 15) is 18.0 Å². The quantitative estimate of drug-likeness (QED) is 0.576. The van der Waals surface area contributed by atoms with Crippen LogP contribution in [0.15, 0.2) is 60.1 Å². The molecule has 178 valence electrons. The fourth-order valence-corrected chi connectivity index (χ4v) is 6.58.